The third-order valence-electron chi connectivity index (χ3n) is 3.14. The van der Waals surface area contributed by atoms with Crippen LogP contribution in [0.4, 0.5) is 4.79 Å². The Kier molecular flexibility index (Phi) is 6.38. The second-order valence-corrected chi connectivity index (χ2v) is 6.79. The van der Waals surface area contributed by atoms with Crippen LogP contribution < -0.4 is 16.2 Å². The number of carbonyl (C=O) groups is 2. The highest BCUT2D eigenvalue weighted by molar-refractivity contribution is 9.10. The molecule has 3 amide bonds. The van der Waals surface area contributed by atoms with Crippen molar-refractivity contribution in [1.29, 1.82) is 0 Å². The molecule has 7 nitrogen and oxygen atoms in total. The number of hydrogen-bond acceptors (Lipinski definition) is 5. The second-order valence-electron chi connectivity index (χ2n) is 4.93. The molecular weight excluding hydrogens is 396 g/mol. The molecule has 2 N–H and O–H groups in total. The zero-order chi connectivity index (χ0) is 17.7. The van der Waals surface area contributed by atoms with E-state index in [2.05, 4.69) is 31.5 Å². The van der Waals surface area contributed by atoms with Crippen molar-refractivity contribution in [3.05, 3.63) is 33.0 Å². The third-order valence-corrected chi connectivity index (χ3v) is 4.61. The fourth-order valence-corrected chi connectivity index (χ4v) is 3.25. The fraction of sp³-hybridized carbons (Fsp3) is 0.333. The lowest BCUT2D eigenvalue weighted by Crippen LogP contribution is -2.38. The van der Waals surface area contributed by atoms with Gasteiger partial charge in [0.15, 0.2) is 5.16 Å². The molecule has 2 aromatic rings. The summed E-state index contributed by atoms with van der Waals surface area (Å²) in [6, 6.07) is 4.74. The number of thioether (sulfide) groups is 1. The Hall–Kier alpha value is -1.87. The summed E-state index contributed by atoms with van der Waals surface area (Å²) in [6.45, 7) is 2.47. The number of amides is 3. The predicted molar refractivity (Wildman–Crippen MR) is 97.3 cm³/mol. The van der Waals surface area contributed by atoms with Gasteiger partial charge in [0.2, 0.25) is 5.91 Å². The number of nitrogens with one attached hydrogen (secondary N) is 2. The Bertz CT molecular complexity index is 837. The molecule has 0 saturated heterocycles. The van der Waals surface area contributed by atoms with Crippen LogP contribution in [0.5, 0.6) is 0 Å². The zero-order valence-electron chi connectivity index (χ0n) is 13.3. The van der Waals surface area contributed by atoms with Crippen molar-refractivity contribution in [1.82, 2.24) is 20.2 Å². The molecule has 24 heavy (non-hydrogen) atoms. The van der Waals surface area contributed by atoms with Crippen LogP contribution in [0.3, 0.4) is 0 Å². The minimum absolute atomic E-state index is 0.00832. The maximum atomic E-state index is 12.7. The quantitative estimate of drug-likeness (QED) is 0.579. The summed E-state index contributed by atoms with van der Waals surface area (Å²) in [5.74, 6) is -0.460. The maximum absolute atomic E-state index is 12.7. The molecule has 0 atom stereocenters. The number of carbonyl (C=O) groups excluding carboxylic acids is 2. The standard InChI is InChI=1S/C15H17BrN4O3S/c1-3-6-20-13(22)10-7-9(16)4-5-11(10)18-15(20)24-8-12(21)19-14(23)17-2/h4-5,7H,3,6,8H2,1-2H3,(H2,17,19,21,23). The highest BCUT2D eigenvalue weighted by Crippen LogP contribution is 2.20. The molecule has 1 heterocycles. The summed E-state index contributed by atoms with van der Waals surface area (Å²) >= 11 is 4.49. The number of hydrogen-bond donors (Lipinski definition) is 2. The van der Waals surface area contributed by atoms with E-state index in [0.717, 1.165) is 22.7 Å². The third kappa shape index (κ3) is 4.35. The SMILES string of the molecule is CCCn1c(SCC(=O)NC(=O)NC)nc2ccc(Br)cc2c1=O. The molecule has 0 aliphatic heterocycles. The van der Waals surface area contributed by atoms with Gasteiger partial charge in [-0.15, -0.1) is 0 Å². The van der Waals surface area contributed by atoms with E-state index in [0.29, 0.717) is 22.6 Å². The summed E-state index contributed by atoms with van der Waals surface area (Å²) in [5.41, 5.74) is 0.433. The van der Waals surface area contributed by atoms with Gasteiger partial charge in [0.05, 0.1) is 16.7 Å². The number of halogens is 1. The van der Waals surface area contributed by atoms with E-state index in [4.69, 9.17) is 0 Å². The van der Waals surface area contributed by atoms with Gasteiger partial charge in [-0.05, 0) is 24.6 Å². The zero-order valence-corrected chi connectivity index (χ0v) is 15.7. The second kappa shape index (κ2) is 8.29. The Morgan fingerprint density at radius 1 is 1.38 bits per heavy atom. The highest BCUT2D eigenvalue weighted by Gasteiger charge is 2.14. The van der Waals surface area contributed by atoms with Gasteiger partial charge in [-0.25, -0.2) is 9.78 Å². The van der Waals surface area contributed by atoms with Crippen molar-refractivity contribution in [2.45, 2.75) is 25.0 Å². The van der Waals surface area contributed by atoms with E-state index in [1.54, 1.807) is 16.7 Å². The van der Waals surface area contributed by atoms with Gasteiger partial charge >= 0.3 is 6.03 Å². The lowest BCUT2D eigenvalue weighted by atomic mass is 10.2. The van der Waals surface area contributed by atoms with E-state index < -0.39 is 11.9 Å². The van der Waals surface area contributed by atoms with Gasteiger partial charge in [-0.1, -0.05) is 34.6 Å². The summed E-state index contributed by atoms with van der Waals surface area (Å²) in [5, 5.41) is 5.48. The lowest BCUT2D eigenvalue weighted by molar-refractivity contribution is -0.117. The van der Waals surface area contributed by atoms with Gasteiger partial charge in [0, 0.05) is 18.1 Å². The fourth-order valence-electron chi connectivity index (χ4n) is 2.06. The first kappa shape index (κ1) is 18.5. The minimum Gasteiger partial charge on any atom is -0.341 e. The molecule has 1 aromatic heterocycles. The number of imide groups is 1. The average Bonchev–Trinajstić information content (AvgIpc) is 2.56. The Morgan fingerprint density at radius 2 is 2.12 bits per heavy atom. The summed E-state index contributed by atoms with van der Waals surface area (Å²) in [6.07, 6.45) is 0.763. The van der Waals surface area contributed by atoms with Gasteiger partial charge < -0.3 is 5.32 Å². The van der Waals surface area contributed by atoms with Crippen LogP contribution in [0, 0.1) is 0 Å². The molecule has 0 radical (unpaired) electrons. The van der Waals surface area contributed by atoms with Gasteiger partial charge in [0.1, 0.15) is 0 Å². The van der Waals surface area contributed by atoms with Gasteiger partial charge in [-0.3, -0.25) is 19.5 Å². The van der Waals surface area contributed by atoms with Crippen molar-refractivity contribution in [3.8, 4) is 0 Å². The van der Waals surface area contributed by atoms with Crippen LogP contribution >= 0.6 is 27.7 Å². The van der Waals surface area contributed by atoms with E-state index >= 15 is 0 Å². The number of fused-ring (bicyclic) bond motifs is 1. The summed E-state index contributed by atoms with van der Waals surface area (Å²) in [4.78, 5) is 40.0. The Labute approximate surface area is 151 Å². The molecule has 0 saturated carbocycles. The molecule has 0 spiro atoms. The normalized spacial score (nSPS) is 10.6. The highest BCUT2D eigenvalue weighted by atomic mass is 79.9. The monoisotopic (exact) mass is 412 g/mol. The van der Waals surface area contributed by atoms with Crippen molar-refractivity contribution < 1.29 is 9.59 Å². The van der Waals surface area contributed by atoms with Crippen LogP contribution in [-0.2, 0) is 11.3 Å². The summed E-state index contributed by atoms with van der Waals surface area (Å²) in [7, 11) is 1.43. The molecule has 9 heteroatoms. The molecule has 0 unspecified atom stereocenters. The van der Waals surface area contributed by atoms with Crippen LogP contribution in [0.2, 0.25) is 0 Å². The number of aromatic nitrogens is 2. The topological polar surface area (TPSA) is 93.1 Å². The first-order valence-corrected chi connectivity index (χ1v) is 9.08. The lowest BCUT2D eigenvalue weighted by Gasteiger charge is -2.12. The molecule has 1 aromatic carbocycles. The van der Waals surface area contributed by atoms with Crippen molar-refractivity contribution in [3.63, 3.8) is 0 Å². The molecular formula is C15H17BrN4O3S. The van der Waals surface area contributed by atoms with Crippen LogP contribution in [0.15, 0.2) is 32.6 Å². The molecule has 0 fully saturated rings. The Balaban J connectivity index is 2.33. The predicted octanol–water partition coefficient (Wildman–Crippen LogP) is 2.12. The smallest absolute Gasteiger partial charge is 0.321 e. The number of nitrogens with zero attached hydrogens (tertiary/aromatic N) is 2. The molecule has 0 bridgehead atoms. The number of benzene rings is 1. The van der Waals surface area contributed by atoms with Crippen LogP contribution in [0.1, 0.15) is 13.3 Å². The maximum Gasteiger partial charge on any atom is 0.321 e. The van der Waals surface area contributed by atoms with Crippen molar-refractivity contribution >= 4 is 50.5 Å². The van der Waals surface area contributed by atoms with Crippen LogP contribution in [0.25, 0.3) is 10.9 Å². The van der Waals surface area contributed by atoms with E-state index in [9.17, 15) is 14.4 Å². The number of urea groups is 1. The van der Waals surface area contributed by atoms with Gasteiger partial charge in [-0.2, -0.15) is 0 Å². The van der Waals surface area contributed by atoms with E-state index in [-0.39, 0.29) is 11.3 Å². The molecule has 128 valence electrons. The Morgan fingerprint density at radius 3 is 2.79 bits per heavy atom. The molecule has 2 rings (SSSR count). The first-order valence-electron chi connectivity index (χ1n) is 7.30. The van der Waals surface area contributed by atoms with E-state index in [1.165, 1.54) is 7.05 Å². The largest absolute Gasteiger partial charge is 0.341 e. The molecule has 0 aliphatic carbocycles. The summed E-state index contributed by atoms with van der Waals surface area (Å²) < 4.78 is 2.37. The van der Waals surface area contributed by atoms with Crippen molar-refractivity contribution in [2.75, 3.05) is 12.8 Å². The first-order chi connectivity index (χ1) is 11.5. The van der Waals surface area contributed by atoms with E-state index in [1.807, 2.05) is 13.0 Å². The minimum atomic E-state index is -0.567. The van der Waals surface area contributed by atoms with Gasteiger partial charge in [0.25, 0.3) is 5.56 Å². The number of rotatable bonds is 5. The average molecular weight is 413 g/mol. The van der Waals surface area contributed by atoms with Crippen molar-refractivity contribution in [2.24, 2.45) is 0 Å². The molecule has 0 aliphatic rings. The van der Waals surface area contributed by atoms with Crippen LogP contribution in [-0.4, -0.2) is 34.3 Å².